The summed E-state index contributed by atoms with van der Waals surface area (Å²) in [5.41, 5.74) is 1.04. The molecule has 90 heavy (non-hydrogen) atoms. The highest BCUT2D eigenvalue weighted by Crippen LogP contribution is 2.49. The number of alkyl halides is 6. The molecule has 0 fully saturated rings. The summed E-state index contributed by atoms with van der Waals surface area (Å²) in [5, 5.41) is 22.4. The predicted molar refractivity (Wildman–Crippen MR) is 330 cm³/mol. The van der Waals surface area contributed by atoms with E-state index in [0.717, 1.165) is 29.5 Å². The number of ether oxygens (including phenoxy) is 3. The van der Waals surface area contributed by atoms with E-state index in [2.05, 4.69) is 26.7 Å². The lowest BCUT2D eigenvalue weighted by molar-refractivity contribution is -0.173. The van der Waals surface area contributed by atoms with Crippen LogP contribution in [0.1, 0.15) is 115 Å². The van der Waals surface area contributed by atoms with Crippen molar-refractivity contribution in [3.8, 4) is 17.6 Å². The number of amides is 3. The zero-order valence-electron chi connectivity index (χ0n) is 51.6. The van der Waals surface area contributed by atoms with Crippen LogP contribution in [0, 0.1) is 16.7 Å². The van der Waals surface area contributed by atoms with Crippen LogP contribution in [0.4, 0.5) is 37.7 Å². The quantitative estimate of drug-likeness (QED) is 0.0107. The van der Waals surface area contributed by atoms with Gasteiger partial charge in [-0.15, -0.1) is 0 Å². The normalized spacial score (nSPS) is 13.5. The van der Waals surface area contributed by atoms with E-state index in [9.17, 15) is 55.6 Å². The monoisotopic (exact) mass is 1280 g/mol. The summed E-state index contributed by atoms with van der Waals surface area (Å²) in [6.07, 6.45) is -7.41. The van der Waals surface area contributed by atoms with Crippen LogP contribution >= 0.6 is 8.53 Å². The van der Waals surface area contributed by atoms with E-state index >= 15 is 0 Å². The summed E-state index contributed by atoms with van der Waals surface area (Å²) in [7, 11) is 1.44. The number of carbonyl (C=O) groups excluding carboxylic acids is 5. The van der Waals surface area contributed by atoms with Gasteiger partial charge in [0, 0.05) is 86.9 Å². The number of ketones is 2. The average molecular weight is 1280 g/mol. The molecule has 486 valence electrons. The molecule has 0 saturated heterocycles. The van der Waals surface area contributed by atoms with Gasteiger partial charge in [-0.05, 0) is 101 Å². The molecule has 6 rings (SSSR count). The van der Waals surface area contributed by atoms with Crippen molar-refractivity contribution in [2.75, 3.05) is 97.0 Å². The van der Waals surface area contributed by atoms with Crippen molar-refractivity contribution in [1.29, 1.82) is 5.26 Å². The van der Waals surface area contributed by atoms with Gasteiger partial charge in [-0.2, -0.15) is 31.6 Å². The van der Waals surface area contributed by atoms with Crippen molar-refractivity contribution >= 4 is 49.2 Å². The molecule has 3 amide bonds. The van der Waals surface area contributed by atoms with Crippen LogP contribution in [0.3, 0.4) is 0 Å². The fourth-order valence-corrected chi connectivity index (χ4v) is 12.1. The SMILES string of the molecule is COc1ccc(C(OCC(C)(COP(OCCC#N)N(C(C)C)C(C)C)C(=O)NCCCCCCNc2cccc3c2C(=O)c2cccc(NCCN(CCNC(=O)C(F)(F)F)CCNC(=O)C(F)(F)F)c2C3=O)(c2ccccc2)c2ccc(OC)cc2)cc1. The first-order chi connectivity index (χ1) is 42.9. The Morgan fingerprint density at radius 3 is 1.48 bits per heavy atom. The second kappa shape index (κ2) is 33.4. The van der Waals surface area contributed by atoms with Crippen LogP contribution in [-0.4, -0.2) is 150 Å². The Hall–Kier alpha value is -7.65. The number of fused-ring (bicyclic) bond motifs is 2. The van der Waals surface area contributed by atoms with E-state index in [-0.39, 0.29) is 98.4 Å². The van der Waals surface area contributed by atoms with Gasteiger partial charge in [0.1, 0.15) is 17.1 Å². The fraction of sp³-hybridized carbons (Fsp3) is 0.446. The second-order valence-corrected chi connectivity index (χ2v) is 23.6. The number of benzene rings is 5. The zero-order valence-corrected chi connectivity index (χ0v) is 52.5. The Labute approximate surface area is 522 Å². The topological polar surface area (TPSA) is 222 Å². The Balaban J connectivity index is 1.11. The summed E-state index contributed by atoms with van der Waals surface area (Å²) in [5.74, 6) is -4.28. The first-order valence-corrected chi connectivity index (χ1v) is 30.8. The maximum Gasteiger partial charge on any atom is 0.471 e. The lowest BCUT2D eigenvalue weighted by atomic mass is 9.79. The van der Waals surface area contributed by atoms with Crippen molar-refractivity contribution in [3.05, 3.63) is 154 Å². The molecule has 18 nitrogen and oxygen atoms in total. The summed E-state index contributed by atoms with van der Waals surface area (Å²) in [6.45, 7) is 9.10. The Morgan fingerprint density at radius 2 is 1.01 bits per heavy atom. The van der Waals surface area contributed by atoms with Gasteiger partial charge in [0.2, 0.25) is 5.91 Å². The summed E-state index contributed by atoms with van der Waals surface area (Å²) < 4.78 is 110. The lowest BCUT2D eigenvalue weighted by Gasteiger charge is -2.40. The first kappa shape index (κ1) is 71.4. The van der Waals surface area contributed by atoms with Gasteiger partial charge < -0.3 is 49.8 Å². The first-order valence-electron chi connectivity index (χ1n) is 29.6. The minimum atomic E-state index is -5.15. The van der Waals surface area contributed by atoms with Gasteiger partial charge in [0.25, 0.3) is 8.53 Å². The molecule has 2 atom stereocenters. The minimum Gasteiger partial charge on any atom is -0.497 e. The number of hydrogen-bond donors (Lipinski definition) is 5. The van der Waals surface area contributed by atoms with Gasteiger partial charge in [-0.25, -0.2) is 4.67 Å². The highest BCUT2D eigenvalue weighted by molar-refractivity contribution is 7.44. The molecular weight excluding hydrogens is 1200 g/mol. The van der Waals surface area contributed by atoms with Crippen LogP contribution in [-0.2, 0) is 33.8 Å². The van der Waals surface area contributed by atoms with Crippen molar-refractivity contribution in [2.45, 2.75) is 96.8 Å². The van der Waals surface area contributed by atoms with Crippen LogP contribution in [0.25, 0.3) is 0 Å². The van der Waals surface area contributed by atoms with Crippen LogP contribution < -0.4 is 36.1 Å². The van der Waals surface area contributed by atoms with E-state index in [1.165, 1.54) is 11.0 Å². The smallest absolute Gasteiger partial charge is 0.471 e. The van der Waals surface area contributed by atoms with Crippen molar-refractivity contribution in [2.24, 2.45) is 5.41 Å². The number of carbonyl (C=O) groups is 5. The number of anilines is 2. The fourth-order valence-electron chi connectivity index (χ4n) is 10.3. The maximum absolute atomic E-state index is 14.9. The Kier molecular flexibility index (Phi) is 26.5. The van der Waals surface area contributed by atoms with Gasteiger partial charge in [-0.1, -0.05) is 91.7 Å². The highest BCUT2D eigenvalue weighted by atomic mass is 31.2. The van der Waals surface area contributed by atoms with E-state index in [0.29, 0.717) is 43.1 Å². The van der Waals surface area contributed by atoms with Crippen LogP contribution in [0.2, 0.25) is 0 Å². The number of methoxy groups -OCH3 is 2. The lowest BCUT2D eigenvalue weighted by Crippen LogP contribution is -2.48. The molecule has 0 aliphatic heterocycles. The summed E-state index contributed by atoms with van der Waals surface area (Å²) >= 11 is 0. The third-order valence-electron chi connectivity index (χ3n) is 14.9. The maximum atomic E-state index is 14.9. The average Bonchev–Trinajstić information content (AvgIpc) is 0.768. The number of nitrogens with zero attached hydrogens (tertiary/aromatic N) is 3. The van der Waals surface area contributed by atoms with Gasteiger partial charge >= 0.3 is 24.2 Å². The highest BCUT2D eigenvalue weighted by Gasteiger charge is 2.45. The number of nitriles is 1. The molecule has 0 spiro atoms. The largest absolute Gasteiger partial charge is 0.497 e. The molecule has 0 bridgehead atoms. The molecular formula is C65H79F6N8O10P. The summed E-state index contributed by atoms with van der Waals surface area (Å²) in [4.78, 5) is 67.5. The Morgan fingerprint density at radius 1 is 0.556 bits per heavy atom. The molecule has 1 aliphatic rings. The molecule has 0 radical (unpaired) electrons. The standard InChI is InChI=1S/C65H79F6N8O10P/c1-44(2)79(45(3)4)90(88-41-17-32-72)89-43-62(5,42-87-63(46-18-11-10-12-19-46,47-24-28-49(85-6)29-25-47)48-26-30-50(86-7)31-27-48)59(82)75-34-14-9-8-13-33-73-53-22-15-20-51-55(53)57(80)52-21-16-23-54(56(52)58(51)81)74-35-38-78(39-36-76-60(83)64(66,67)68)40-37-77-61(84)65(69,70)71/h10-12,15-16,18-31,44-45,73-74H,8-9,13-14,17,33-43H2,1-7H3,(H,75,82)(H,76,83)(H,77,84). The molecule has 5 N–H and O–H groups in total. The molecule has 2 unspecified atom stereocenters. The van der Waals surface area contributed by atoms with E-state index in [4.69, 9.17) is 23.3 Å². The van der Waals surface area contributed by atoms with Gasteiger partial charge in [0.05, 0.1) is 63.1 Å². The zero-order chi connectivity index (χ0) is 65.7. The van der Waals surface area contributed by atoms with Gasteiger partial charge in [0.15, 0.2) is 11.6 Å². The van der Waals surface area contributed by atoms with Crippen LogP contribution in [0.5, 0.6) is 11.5 Å². The van der Waals surface area contributed by atoms with Crippen molar-refractivity contribution < 1.29 is 73.6 Å². The van der Waals surface area contributed by atoms with E-state index < -0.39 is 68.4 Å². The molecule has 1 aliphatic carbocycles. The Bertz CT molecular complexity index is 3140. The molecule has 25 heteroatoms. The third kappa shape index (κ3) is 19.0. The predicted octanol–water partition coefficient (Wildman–Crippen LogP) is 10.9. The molecule has 0 heterocycles. The van der Waals surface area contributed by atoms with Crippen LogP contribution in [0.15, 0.2) is 115 Å². The summed E-state index contributed by atoms with van der Waals surface area (Å²) in [6, 6.07) is 36.7. The van der Waals surface area contributed by atoms with Crippen molar-refractivity contribution in [3.63, 3.8) is 0 Å². The van der Waals surface area contributed by atoms with Crippen molar-refractivity contribution in [1.82, 2.24) is 25.5 Å². The van der Waals surface area contributed by atoms with Gasteiger partial charge in [-0.3, -0.25) is 28.9 Å². The number of nitrogens with one attached hydrogen (secondary N) is 5. The molecule has 5 aromatic rings. The van der Waals surface area contributed by atoms with E-state index in [1.807, 2.05) is 113 Å². The molecule has 5 aromatic carbocycles. The number of rotatable bonds is 36. The van der Waals surface area contributed by atoms with E-state index in [1.54, 1.807) is 55.2 Å². The molecule has 0 saturated carbocycles. The third-order valence-corrected chi connectivity index (χ3v) is 17.0. The number of unbranched alkanes of at least 4 members (excludes halogenated alkanes) is 3. The second-order valence-electron chi connectivity index (χ2n) is 22.2. The minimum absolute atomic E-state index is 0.000741. The molecule has 0 aromatic heterocycles. The number of hydrogen-bond acceptors (Lipinski definition) is 15. The number of halogens is 6.